The van der Waals surface area contributed by atoms with Gasteiger partial charge in [0.2, 0.25) is 0 Å². The Labute approximate surface area is 192 Å². The van der Waals surface area contributed by atoms with E-state index in [1.54, 1.807) is 0 Å². The van der Waals surface area contributed by atoms with Crippen molar-refractivity contribution in [1.29, 1.82) is 0 Å². The van der Waals surface area contributed by atoms with Gasteiger partial charge in [-0.15, -0.1) is 0 Å². The van der Waals surface area contributed by atoms with Crippen LogP contribution in [0.2, 0.25) is 0 Å². The van der Waals surface area contributed by atoms with Crippen molar-refractivity contribution < 1.29 is 0 Å². The van der Waals surface area contributed by atoms with Crippen LogP contribution in [-0.4, -0.2) is 16.6 Å². The molecule has 0 aliphatic rings. The van der Waals surface area contributed by atoms with Crippen LogP contribution in [0.1, 0.15) is 11.1 Å². The fourth-order valence-electron chi connectivity index (χ4n) is 4.70. The van der Waals surface area contributed by atoms with Crippen LogP contribution in [0.4, 0.5) is 0 Å². The Morgan fingerprint density at radius 3 is 1.06 bits per heavy atom. The molecular formula is C29H24N4. The molecule has 6 aromatic rings. The summed E-state index contributed by atoms with van der Waals surface area (Å²) in [5.41, 5.74) is 6.73. The molecule has 0 spiro atoms. The lowest BCUT2D eigenvalue weighted by Gasteiger charge is -2.14. The quantitative estimate of drug-likeness (QED) is 0.196. The highest BCUT2D eigenvalue weighted by molar-refractivity contribution is 5.98. The number of pyridine rings is 2. The molecule has 0 radical (unpaired) electrons. The molecular weight excluding hydrogens is 404 g/mol. The number of aromatic nitrogens is 2. The van der Waals surface area contributed by atoms with Gasteiger partial charge in [-0.3, -0.25) is 0 Å². The minimum atomic E-state index is 0.704. The third-order valence-electron chi connectivity index (χ3n) is 6.25. The molecule has 4 aromatic carbocycles. The molecule has 0 amide bonds. The number of para-hydroxylation sites is 4. The first kappa shape index (κ1) is 19.8. The smallest absolute Gasteiger partial charge is 0.0713 e. The fourth-order valence-corrected chi connectivity index (χ4v) is 4.70. The minimum Gasteiger partial charge on any atom is -0.300 e. The lowest BCUT2D eigenvalue weighted by molar-refractivity contribution is 0.586. The molecule has 160 valence electrons. The van der Waals surface area contributed by atoms with Crippen molar-refractivity contribution in [2.45, 2.75) is 13.1 Å². The second kappa shape index (κ2) is 8.58. The van der Waals surface area contributed by atoms with Gasteiger partial charge in [-0.1, -0.05) is 72.8 Å². The second-order valence-electron chi connectivity index (χ2n) is 8.28. The summed E-state index contributed by atoms with van der Waals surface area (Å²) >= 11 is 0. The van der Waals surface area contributed by atoms with Crippen molar-refractivity contribution in [2.75, 3.05) is 6.67 Å². The van der Waals surface area contributed by atoms with Gasteiger partial charge < -0.3 is 10.6 Å². The van der Waals surface area contributed by atoms with Crippen LogP contribution < -0.4 is 10.6 Å². The lowest BCUT2D eigenvalue weighted by atomic mass is 10.0. The van der Waals surface area contributed by atoms with Crippen molar-refractivity contribution in [3.8, 4) is 0 Å². The SMILES string of the molecule is c1ccc2c(CNCNCc3c4ccccc4nc4ccccc34)c3ccccc3nc2c1. The van der Waals surface area contributed by atoms with Crippen LogP contribution in [0.15, 0.2) is 97.1 Å². The molecule has 0 fully saturated rings. The van der Waals surface area contributed by atoms with Crippen molar-refractivity contribution in [2.24, 2.45) is 0 Å². The molecule has 2 N–H and O–H groups in total. The molecule has 0 saturated heterocycles. The van der Waals surface area contributed by atoms with Gasteiger partial charge in [0.05, 0.1) is 22.1 Å². The zero-order valence-electron chi connectivity index (χ0n) is 18.3. The van der Waals surface area contributed by atoms with Gasteiger partial charge in [0, 0.05) is 41.3 Å². The van der Waals surface area contributed by atoms with Crippen LogP contribution in [0, 0.1) is 0 Å². The molecule has 0 saturated carbocycles. The Bertz CT molecular complexity index is 1380. The third kappa shape index (κ3) is 3.69. The van der Waals surface area contributed by atoms with Crippen molar-refractivity contribution >= 4 is 43.6 Å². The van der Waals surface area contributed by atoms with Gasteiger partial charge in [0.25, 0.3) is 0 Å². The first-order valence-electron chi connectivity index (χ1n) is 11.3. The Hall–Kier alpha value is -3.86. The molecule has 0 aliphatic carbocycles. The highest BCUT2D eigenvalue weighted by Crippen LogP contribution is 2.27. The maximum absolute atomic E-state index is 4.83. The van der Waals surface area contributed by atoms with E-state index in [4.69, 9.17) is 9.97 Å². The van der Waals surface area contributed by atoms with Gasteiger partial charge in [0.1, 0.15) is 0 Å². The zero-order chi connectivity index (χ0) is 22.0. The van der Waals surface area contributed by atoms with Crippen LogP contribution >= 0.6 is 0 Å². The summed E-state index contributed by atoms with van der Waals surface area (Å²) in [4.78, 5) is 9.66. The molecule has 6 rings (SSSR count). The van der Waals surface area contributed by atoms with E-state index in [9.17, 15) is 0 Å². The molecule has 0 unspecified atom stereocenters. The summed E-state index contributed by atoms with van der Waals surface area (Å²) in [7, 11) is 0. The predicted molar refractivity (Wildman–Crippen MR) is 137 cm³/mol. The number of hydrogen-bond acceptors (Lipinski definition) is 4. The van der Waals surface area contributed by atoms with E-state index in [1.165, 1.54) is 32.7 Å². The van der Waals surface area contributed by atoms with Crippen LogP contribution in [0.5, 0.6) is 0 Å². The van der Waals surface area contributed by atoms with Crippen LogP contribution in [0.25, 0.3) is 43.6 Å². The van der Waals surface area contributed by atoms with E-state index in [-0.39, 0.29) is 0 Å². The maximum atomic E-state index is 4.83. The van der Waals surface area contributed by atoms with Crippen molar-refractivity contribution in [1.82, 2.24) is 20.6 Å². The Balaban J connectivity index is 1.24. The maximum Gasteiger partial charge on any atom is 0.0713 e. The Morgan fingerprint density at radius 1 is 0.424 bits per heavy atom. The van der Waals surface area contributed by atoms with E-state index in [2.05, 4.69) is 83.4 Å². The van der Waals surface area contributed by atoms with Gasteiger partial charge in [-0.05, 0) is 35.4 Å². The van der Waals surface area contributed by atoms with E-state index in [0.717, 1.165) is 35.2 Å². The Morgan fingerprint density at radius 2 is 0.727 bits per heavy atom. The van der Waals surface area contributed by atoms with Crippen LogP contribution in [-0.2, 0) is 13.1 Å². The van der Waals surface area contributed by atoms with E-state index in [0.29, 0.717) is 6.67 Å². The monoisotopic (exact) mass is 428 g/mol. The molecule has 4 nitrogen and oxygen atoms in total. The van der Waals surface area contributed by atoms with Gasteiger partial charge in [-0.25, -0.2) is 9.97 Å². The molecule has 2 aromatic heterocycles. The standard InChI is InChI=1S/C29H24N4/c1-5-13-26-20(9-1)24(21-10-2-6-14-27(21)32-26)17-30-19-31-18-25-22-11-3-7-15-28(22)33-29-16-8-4-12-23(25)29/h1-16,30-31H,17-19H2. The fraction of sp³-hybridized carbons (Fsp3) is 0.103. The minimum absolute atomic E-state index is 0.704. The van der Waals surface area contributed by atoms with Gasteiger partial charge in [-0.2, -0.15) is 0 Å². The topological polar surface area (TPSA) is 49.8 Å². The summed E-state index contributed by atoms with van der Waals surface area (Å²) < 4.78 is 0. The summed E-state index contributed by atoms with van der Waals surface area (Å²) in [6.07, 6.45) is 0. The average molecular weight is 429 g/mol. The number of nitrogens with zero attached hydrogens (tertiary/aromatic N) is 2. The van der Waals surface area contributed by atoms with E-state index < -0.39 is 0 Å². The van der Waals surface area contributed by atoms with Crippen molar-refractivity contribution in [3.63, 3.8) is 0 Å². The van der Waals surface area contributed by atoms with Crippen LogP contribution in [0.3, 0.4) is 0 Å². The second-order valence-corrected chi connectivity index (χ2v) is 8.28. The van der Waals surface area contributed by atoms with E-state index in [1.807, 2.05) is 24.3 Å². The number of fused-ring (bicyclic) bond motifs is 4. The largest absolute Gasteiger partial charge is 0.300 e. The number of benzene rings is 4. The average Bonchev–Trinajstić information content (AvgIpc) is 2.87. The van der Waals surface area contributed by atoms with Gasteiger partial charge in [0.15, 0.2) is 0 Å². The number of nitrogens with one attached hydrogen (secondary N) is 2. The third-order valence-corrected chi connectivity index (χ3v) is 6.25. The summed E-state index contributed by atoms with van der Waals surface area (Å²) in [5.74, 6) is 0. The van der Waals surface area contributed by atoms with Gasteiger partial charge >= 0.3 is 0 Å². The first-order valence-corrected chi connectivity index (χ1v) is 11.3. The van der Waals surface area contributed by atoms with Crippen molar-refractivity contribution in [3.05, 3.63) is 108 Å². The molecule has 0 bridgehead atoms. The summed E-state index contributed by atoms with van der Waals surface area (Å²) in [6.45, 7) is 2.25. The first-order chi connectivity index (χ1) is 16.4. The highest BCUT2D eigenvalue weighted by atomic mass is 15.1. The predicted octanol–water partition coefficient (Wildman–Crippen LogP) is 5.93. The summed E-state index contributed by atoms with van der Waals surface area (Å²) in [6, 6.07) is 33.5. The molecule has 0 aliphatic heterocycles. The molecule has 33 heavy (non-hydrogen) atoms. The number of rotatable bonds is 6. The normalized spacial score (nSPS) is 11.6. The highest BCUT2D eigenvalue weighted by Gasteiger charge is 2.10. The van der Waals surface area contributed by atoms with E-state index >= 15 is 0 Å². The molecule has 4 heteroatoms. The summed E-state index contributed by atoms with van der Waals surface area (Å²) in [5, 5.41) is 12.0. The molecule has 0 atom stereocenters. The zero-order valence-corrected chi connectivity index (χ0v) is 18.3. The lowest BCUT2D eigenvalue weighted by Crippen LogP contribution is -2.28. The Kier molecular flexibility index (Phi) is 5.15. The number of hydrogen-bond donors (Lipinski definition) is 2. The molecule has 2 heterocycles.